The number of benzene rings is 2. The molecule has 1 N–H and O–H groups in total. The lowest BCUT2D eigenvalue weighted by Crippen LogP contribution is -2.20. The van der Waals surface area contributed by atoms with Crippen molar-refractivity contribution in [1.29, 1.82) is 0 Å². The lowest BCUT2D eigenvalue weighted by molar-refractivity contribution is -0.115. The number of nitrogens with one attached hydrogen (secondary N) is 1. The van der Waals surface area contributed by atoms with Crippen LogP contribution in [-0.2, 0) is 27.8 Å². The Kier molecular flexibility index (Phi) is 6.35. The zero-order chi connectivity index (χ0) is 20.1. The first kappa shape index (κ1) is 19.8. The van der Waals surface area contributed by atoms with Gasteiger partial charge in [0.25, 0.3) is 0 Å². The predicted octanol–water partition coefficient (Wildman–Crippen LogP) is 5.00. The van der Waals surface area contributed by atoms with Crippen LogP contribution in [0.15, 0.2) is 60.8 Å². The molecule has 0 spiro atoms. The standard InChI is InChI=1S/C24H26N2O2S/c27-23(16-20-9-5-8-19-10-6-14-25-24(19)20)26-21-11-4-7-18(15-21)17-29(28)22-12-2-1-3-13-22/h4-11,14-15,22H,1-3,12-13,16-17H2,(H,26,27). The first-order valence-electron chi connectivity index (χ1n) is 10.3. The molecule has 1 amide bonds. The minimum Gasteiger partial charge on any atom is -0.326 e. The molecule has 4 rings (SSSR count). The van der Waals surface area contributed by atoms with Gasteiger partial charge >= 0.3 is 0 Å². The van der Waals surface area contributed by atoms with E-state index < -0.39 is 10.8 Å². The summed E-state index contributed by atoms with van der Waals surface area (Å²) in [5.74, 6) is 0.482. The van der Waals surface area contributed by atoms with Gasteiger partial charge in [-0.25, -0.2) is 0 Å². The fourth-order valence-electron chi connectivity index (χ4n) is 4.04. The molecule has 1 aromatic heterocycles. The molecule has 1 aliphatic rings. The minimum atomic E-state index is -0.847. The van der Waals surface area contributed by atoms with Crippen LogP contribution < -0.4 is 5.32 Å². The monoisotopic (exact) mass is 406 g/mol. The Morgan fingerprint density at radius 3 is 2.69 bits per heavy atom. The molecule has 5 heteroatoms. The van der Waals surface area contributed by atoms with Crippen molar-refractivity contribution in [3.63, 3.8) is 0 Å². The highest BCUT2D eigenvalue weighted by atomic mass is 32.2. The summed E-state index contributed by atoms with van der Waals surface area (Å²) < 4.78 is 12.7. The van der Waals surface area contributed by atoms with E-state index in [2.05, 4.69) is 10.3 Å². The topological polar surface area (TPSA) is 59.1 Å². The van der Waals surface area contributed by atoms with E-state index in [9.17, 15) is 9.00 Å². The van der Waals surface area contributed by atoms with Gasteiger partial charge in [-0.3, -0.25) is 14.0 Å². The second kappa shape index (κ2) is 9.31. The minimum absolute atomic E-state index is 0.0753. The Bertz CT molecular complexity index is 1020. The number of fused-ring (bicyclic) bond motifs is 1. The molecule has 0 radical (unpaired) electrons. The molecule has 0 saturated heterocycles. The number of rotatable bonds is 6. The smallest absolute Gasteiger partial charge is 0.228 e. The molecule has 29 heavy (non-hydrogen) atoms. The van der Waals surface area contributed by atoms with Crippen molar-refractivity contribution in [1.82, 2.24) is 4.98 Å². The lowest BCUT2D eigenvalue weighted by atomic mass is 10.0. The van der Waals surface area contributed by atoms with Gasteiger partial charge < -0.3 is 5.32 Å². The molecule has 1 fully saturated rings. The second-order valence-electron chi connectivity index (χ2n) is 7.70. The molecule has 0 aliphatic heterocycles. The highest BCUT2D eigenvalue weighted by molar-refractivity contribution is 7.84. The fourth-order valence-corrected chi connectivity index (χ4v) is 5.64. The van der Waals surface area contributed by atoms with E-state index in [1.54, 1.807) is 6.20 Å². The van der Waals surface area contributed by atoms with Gasteiger partial charge in [0, 0.05) is 39.1 Å². The van der Waals surface area contributed by atoms with Gasteiger partial charge in [-0.2, -0.15) is 0 Å². The van der Waals surface area contributed by atoms with Crippen LogP contribution >= 0.6 is 0 Å². The number of pyridine rings is 1. The van der Waals surface area contributed by atoms with Crippen LogP contribution in [0.5, 0.6) is 0 Å². The van der Waals surface area contributed by atoms with Crippen LogP contribution in [-0.4, -0.2) is 20.3 Å². The lowest BCUT2D eigenvalue weighted by Gasteiger charge is -2.21. The highest BCUT2D eigenvalue weighted by Gasteiger charge is 2.20. The Morgan fingerprint density at radius 1 is 1.03 bits per heavy atom. The van der Waals surface area contributed by atoms with Gasteiger partial charge in [-0.05, 0) is 42.2 Å². The number of carbonyl (C=O) groups excluding carboxylic acids is 1. The van der Waals surface area contributed by atoms with Crippen LogP contribution in [0.3, 0.4) is 0 Å². The summed E-state index contributed by atoms with van der Waals surface area (Å²) in [5.41, 5.74) is 3.54. The van der Waals surface area contributed by atoms with Gasteiger partial charge in [0.15, 0.2) is 0 Å². The van der Waals surface area contributed by atoms with E-state index in [4.69, 9.17) is 0 Å². The first-order chi connectivity index (χ1) is 14.2. The van der Waals surface area contributed by atoms with Crippen molar-refractivity contribution < 1.29 is 9.00 Å². The summed E-state index contributed by atoms with van der Waals surface area (Å²) in [7, 11) is -0.847. The van der Waals surface area contributed by atoms with Crippen molar-refractivity contribution in [2.75, 3.05) is 5.32 Å². The van der Waals surface area contributed by atoms with E-state index in [1.165, 1.54) is 19.3 Å². The van der Waals surface area contributed by atoms with Crippen LogP contribution in [0.1, 0.15) is 43.2 Å². The third-order valence-electron chi connectivity index (χ3n) is 5.51. The van der Waals surface area contributed by atoms with Crippen LogP contribution in [0.2, 0.25) is 0 Å². The Balaban J connectivity index is 1.40. The maximum absolute atomic E-state index is 12.7. The molecule has 1 saturated carbocycles. The number of carbonyl (C=O) groups is 1. The highest BCUT2D eigenvalue weighted by Crippen LogP contribution is 2.24. The average molecular weight is 407 g/mol. The molecular formula is C24H26N2O2S. The predicted molar refractivity (Wildman–Crippen MR) is 119 cm³/mol. The number of para-hydroxylation sites is 1. The summed E-state index contributed by atoms with van der Waals surface area (Å²) in [5, 5.41) is 4.34. The molecule has 1 heterocycles. The molecule has 4 nitrogen and oxygen atoms in total. The number of anilines is 1. The fraction of sp³-hybridized carbons (Fsp3) is 0.333. The summed E-state index contributed by atoms with van der Waals surface area (Å²) in [6, 6.07) is 17.5. The summed E-state index contributed by atoms with van der Waals surface area (Å²) >= 11 is 0. The molecule has 1 atom stereocenters. The molecule has 150 valence electrons. The Hall–Kier alpha value is -2.53. The molecule has 1 aliphatic carbocycles. The van der Waals surface area contributed by atoms with E-state index in [1.807, 2.05) is 54.6 Å². The summed E-state index contributed by atoms with van der Waals surface area (Å²) in [6.45, 7) is 0. The molecule has 0 bridgehead atoms. The summed E-state index contributed by atoms with van der Waals surface area (Å²) in [6.07, 6.45) is 7.81. The molecule has 2 aromatic carbocycles. The molecular weight excluding hydrogens is 380 g/mol. The van der Waals surface area contributed by atoms with Crippen molar-refractivity contribution in [3.8, 4) is 0 Å². The van der Waals surface area contributed by atoms with E-state index >= 15 is 0 Å². The second-order valence-corrected chi connectivity index (χ2v) is 9.42. The van der Waals surface area contributed by atoms with Gasteiger partial charge in [-0.15, -0.1) is 0 Å². The SMILES string of the molecule is O=C(Cc1cccc2cccnc12)Nc1cccc(CS(=O)C2CCCCC2)c1. The van der Waals surface area contributed by atoms with Crippen molar-refractivity contribution in [3.05, 3.63) is 71.9 Å². The number of aromatic nitrogens is 1. The zero-order valence-electron chi connectivity index (χ0n) is 16.5. The van der Waals surface area contributed by atoms with Crippen molar-refractivity contribution in [2.45, 2.75) is 49.5 Å². The van der Waals surface area contributed by atoms with Gasteiger partial charge in [0.2, 0.25) is 5.91 Å². The third kappa shape index (κ3) is 5.10. The number of hydrogen-bond donors (Lipinski definition) is 1. The first-order valence-corrected chi connectivity index (χ1v) is 11.7. The van der Waals surface area contributed by atoms with Crippen LogP contribution in [0.4, 0.5) is 5.69 Å². The van der Waals surface area contributed by atoms with Crippen molar-refractivity contribution in [2.24, 2.45) is 0 Å². The number of nitrogens with zero attached hydrogens (tertiary/aromatic N) is 1. The van der Waals surface area contributed by atoms with E-state index in [0.29, 0.717) is 11.0 Å². The number of hydrogen-bond acceptors (Lipinski definition) is 3. The van der Waals surface area contributed by atoms with E-state index in [0.717, 1.165) is 40.6 Å². The zero-order valence-corrected chi connectivity index (χ0v) is 17.3. The van der Waals surface area contributed by atoms with Gasteiger partial charge in [0.1, 0.15) is 0 Å². The normalized spacial score (nSPS) is 15.9. The average Bonchev–Trinajstić information content (AvgIpc) is 2.75. The number of amides is 1. The van der Waals surface area contributed by atoms with Crippen LogP contribution in [0, 0.1) is 0 Å². The Morgan fingerprint density at radius 2 is 1.83 bits per heavy atom. The van der Waals surface area contributed by atoms with Gasteiger partial charge in [-0.1, -0.05) is 55.7 Å². The van der Waals surface area contributed by atoms with Gasteiger partial charge in [0.05, 0.1) is 11.9 Å². The van der Waals surface area contributed by atoms with E-state index in [-0.39, 0.29) is 12.3 Å². The maximum atomic E-state index is 12.7. The quantitative estimate of drug-likeness (QED) is 0.627. The molecule has 3 aromatic rings. The van der Waals surface area contributed by atoms with Crippen molar-refractivity contribution >= 4 is 33.3 Å². The molecule has 1 unspecified atom stereocenters. The summed E-state index contributed by atoms with van der Waals surface area (Å²) in [4.78, 5) is 17.0. The van der Waals surface area contributed by atoms with Crippen LogP contribution in [0.25, 0.3) is 10.9 Å². The Labute approximate surface area is 174 Å². The third-order valence-corrected chi connectivity index (χ3v) is 7.34. The largest absolute Gasteiger partial charge is 0.326 e. The maximum Gasteiger partial charge on any atom is 0.228 e.